The van der Waals surface area contributed by atoms with E-state index in [-0.39, 0.29) is 17.9 Å². The van der Waals surface area contributed by atoms with E-state index in [1.807, 2.05) is 19.9 Å². The first-order chi connectivity index (χ1) is 7.95. The minimum absolute atomic E-state index is 0.190. The fraction of sp³-hybridized carbons (Fsp3) is 0.308. The molecular formula is C13H14BrNOS. The molecule has 0 radical (unpaired) electrons. The van der Waals surface area contributed by atoms with Crippen molar-refractivity contribution >= 4 is 34.5 Å². The third kappa shape index (κ3) is 3.79. The maximum absolute atomic E-state index is 12.0. The number of benzene rings is 1. The number of rotatable bonds is 3. The highest BCUT2D eigenvalue weighted by atomic mass is 79.9. The number of hydrogen-bond donors (Lipinski definition) is 2. The quantitative estimate of drug-likeness (QED) is 0.652. The molecule has 0 saturated carbocycles. The number of nitrogens with one attached hydrogen (secondary N) is 1. The molecule has 1 N–H and O–H groups in total. The summed E-state index contributed by atoms with van der Waals surface area (Å²) in [6.45, 7) is 3.93. The first-order valence-electron chi connectivity index (χ1n) is 5.21. The van der Waals surface area contributed by atoms with Gasteiger partial charge in [0.15, 0.2) is 0 Å². The Morgan fingerprint density at radius 2 is 2.18 bits per heavy atom. The topological polar surface area (TPSA) is 29.1 Å². The molecule has 90 valence electrons. The molecule has 0 aliphatic heterocycles. The molecule has 0 aromatic heterocycles. The fourth-order valence-corrected chi connectivity index (χ4v) is 1.94. The SMILES string of the molecule is C#CC(NC(=O)c1cc(S)ccc1Br)C(C)C. The van der Waals surface area contributed by atoms with Crippen molar-refractivity contribution in [1.29, 1.82) is 0 Å². The van der Waals surface area contributed by atoms with Gasteiger partial charge in [-0.05, 0) is 40.0 Å². The van der Waals surface area contributed by atoms with Crippen molar-refractivity contribution in [2.45, 2.75) is 24.8 Å². The van der Waals surface area contributed by atoms with Crippen LogP contribution in [0.5, 0.6) is 0 Å². The number of hydrogen-bond acceptors (Lipinski definition) is 2. The van der Waals surface area contributed by atoms with Crippen LogP contribution in [-0.4, -0.2) is 11.9 Å². The molecule has 0 aliphatic carbocycles. The number of thiol groups is 1. The average molecular weight is 312 g/mol. The second kappa shape index (κ2) is 6.13. The highest BCUT2D eigenvalue weighted by Crippen LogP contribution is 2.20. The van der Waals surface area contributed by atoms with Gasteiger partial charge < -0.3 is 5.32 Å². The van der Waals surface area contributed by atoms with Crippen LogP contribution in [0.2, 0.25) is 0 Å². The lowest BCUT2D eigenvalue weighted by Gasteiger charge is -2.17. The Labute approximate surface area is 116 Å². The van der Waals surface area contributed by atoms with Crippen molar-refractivity contribution in [1.82, 2.24) is 5.32 Å². The van der Waals surface area contributed by atoms with Crippen LogP contribution in [0.1, 0.15) is 24.2 Å². The zero-order valence-electron chi connectivity index (χ0n) is 9.70. The molecule has 1 aromatic carbocycles. The van der Waals surface area contributed by atoms with Crippen LogP contribution in [-0.2, 0) is 0 Å². The van der Waals surface area contributed by atoms with Gasteiger partial charge in [-0.1, -0.05) is 19.8 Å². The molecule has 0 fully saturated rings. The Bertz CT molecular complexity index is 465. The molecule has 0 heterocycles. The summed E-state index contributed by atoms with van der Waals surface area (Å²) in [5.74, 6) is 2.58. The highest BCUT2D eigenvalue weighted by molar-refractivity contribution is 9.10. The Morgan fingerprint density at radius 3 is 2.71 bits per heavy atom. The smallest absolute Gasteiger partial charge is 0.253 e. The Balaban J connectivity index is 2.90. The van der Waals surface area contributed by atoms with Crippen molar-refractivity contribution in [3.8, 4) is 12.3 Å². The first-order valence-corrected chi connectivity index (χ1v) is 6.45. The molecule has 1 aromatic rings. The zero-order valence-corrected chi connectivity index (χ0v) is 12.2. The van der Waals surface area contributed by atoms with Gasteiger partial charge in [-0.15, -0.1) is 19.1 Å². The van der Waals surface area contributed by atoms with Gasteiger partial charge in [0, 0.05) is 9.37 Å². The van der Waals surface area contributed by atoms with Crippen LogP contribution in [0.3, 0.4) is 0 Å². The molecule has 0 bridgehead atoms. The van der Waals surface area contributed by atoms with E-state index >= 15 is 0 Å². The number of terminal acetylenes is 1. The van der Waals surface area contributed by atoms with Gasteiger partial charge in [0.05, 0.1) is 11.6 Å². The van der Waals surface area contributed by atoms with E-state index in [0.717, 1.165) is 9.37 Å². The van der Waals surface area contributed by atoms with E-state index in [1.165, 1.54) is 0 Å². The Morgan fingerprint density at radius 1 is 1.53 bits per heavy atom. The van der Waals surface area contributed by atoms with E-state index in [9.17, 15) is 4.79 Å². The van der Waals surface area contributed by atoms with Crippen molar-refractivity contribution in [2.75, 3.05) is 0 Å². The zero-order chi connectivity index (χ0) is 13.0. The minimum atomic E-state index is -0.266. The number of carbonyl (C=O) groups excluding carboxylic acids is 1. The van der Waals surface area contributed by atoms with Crippen molar-refractivity contribution in [2.24, 2.45) is 5.92 Å². The number of carbonyl (C=O) groups is 1. The first kappa shape index (κ1) is 14.1. The molecule has 1 atom stereocenters. The van der Waals surface area contributed by atoms with E-state index in [0.29, 0.717) is 5.56 Å². The van der Waals surface area contributed by atoms with Crippen molar-refractivity contribution < 1.29 is 4.79 Å². The van der Waals surface area contributed by atoms with E-state index in [4.69, 9.17) is 6.42 Å². The lowest BCUT2D eigenvalue weighted by Crippen LogP contribution is -2.37. The molecule has 0 saturated heterocycles. The summed E-state index contributed by atoms with van der Waals surface area (Å²) in [7, 11) is 0. The monoisotopic (exact) mass is 311 g/mol. The van der Waals surface area contributed by atoms with E-state index in [1.54, 1.807) is 12.1 Å². The van der Waals surface area contributed by atoms with Gasteiger partial charge in [-0.2, -0.15) is 0 Å². The summed E-state index contributed by atoms with van der Waals surface area (Å²) in [4.78, 5) is 12.8. The number of halogens is 1. The second-order valence-electron chi connectivity index (χ2n) is 4.03. The molecule has 0 aliphatic rings. The van der Waals surface area contributed by atoms with Gasteiger partial charge in [-0.3, -0.25) is 4.79 Å². The van der Waals surface area contributed by atoms with Gasteiger partial charge in [-0.25, -0.2) is 0 Å². The van der Waals surface area contributed by atoms with Crippen LogP contribution >= 0.6 is 28.6 Å². The number of amides is 1. The van der Waals surface area contributed by atoms with Gasteiger partial charge >= 0.3 is 0 Å². The highest BCUT2D eigenvalue weighted by Gasteiger charge is 2.16. The molecule has 4 heteroatoms. The van der Waals surface area contributed by atoms with Crippen LogP contribution in [0.15, 0.2) is 27.6 Å². The van der Waals surface area contributed by atoms with Crippen LogP contribution in [0.4, 0.5) is 0 Å². The van der Waals surface area contributed by atoms with Crippen LogP contribution in [0, 0.1) is 18.3 Å². The normalized spacial score (nSPS) is 12.0. The summed E-state index contributed by atoms with van der Waals surface area (Å²) in [6.07, 6.45) is 5.38. The van der Waals surface area contributed by atoms with Gasteiger partial charge in [0.1, 0.15) is 0 Å². The third-order valence-electron chi connectivity index (χ3n) is 2.33. The van der Waals surface area contributed by atoms with Gasteiger partial charge in [0.25, 0.3) is 5.91 Å². The summed E-state index contributed by atoms with van der Waals surface area (Å²) < 4.78 is 0.729. The second-order valence-corrected chi connectivity index (χ2v) is 5.40. The fourth-order valence-electron chi connectivity index (χ4n) is 1.31. The van der Waals surface area contributed by atoms with Crippen molar-refractivity contribution in [3.05, 3.63) is 28.2 Å². The third-order valence-corrected chi connectivity index (χ3v) is 3.30. The maximum Gasteiger partial charge on any atom is 0.253 e. The molecule has 0 spiro atoms. The lowest BCUT2D eigenvalue weighted by atomic mass is 10.0. The largest absolute Gasteiger partial charge is 0.338 e. The molecular weight excluding hydrogens is 298 g/mol. The maximum atomic E-state index is 12.0. The standard InChI is InChI=1S/C13H14BrNOS/c1-4-12(8(2)3)15-13(16)10-7-9(17)5-6-11(10)14/h1,5-8,12,17H,2-3H3,(H,15,16). The van der Waals surface area contributed by atoms with E-state index in [2.05, 4.69) is 39.8 Å². The lowest BCUT2D eigenvalue weighted by molar-refractivity contribution is 0.0937. The van der Waals surface area contributed by atoms with E-state index < -0.39 is 0 Å². The van der Waals surface area contributed by atoms with Crippen molar-refractivity contribution in [3.63, 3.8) is 0 Å². The predicted molar refractivity (Wildman–Crippen MR) is 76.3 cm³/mol. The van der Waals surface area contributed by atoms with Crippen LogP contribution < -0.4 is 5.32 Å². The Hall–Kier alpha value is -0.920. The molecule has 1 unspecified atom stereocenters. The predicted octanol–water partition coefficient (Wildman–Crippen LogP) is 3.13. The van der Waals surface area contributed by atoms with Crippen LogP contribution in [0.25, 0.3) is 0 Å². The minimum Gasteiger partial charge on any atom is -0.338 e. The van der Waals surface area contributed by atoms with Gasteiger partial charge in [0.2, 0.25) is 0 Å². The summed E-state index contributed by atoms with van der Waals surface area (Å²) in [5, 5.41) is 2.81. The molecule has 17 heavy (non-hydrogen) atoms. The average Bonchev–Trinajstić information content (AvgIpc) is 2.28. The summed E-state index contributed by atoms with van der Waals surface area (Å²) >= 11 is 7.54. The summed E-state index contributed by atoms with van der Waals surface area (Å²) in [5.41, 5.74) is 0.540. The molecule has 2 nitrogen and oxygen atoms in total. The Kier molecular flexibility index (Phi) is 5.10. The molecule has 1 rings (SSSR count). The summed E-state index contributed by atoms with van der Waals surface area (Å²) in [6, 6.07) is 5.04. The molecule has 1 amide bonds.